The number of furan rings is 1. The van der Waals surface area contributed by atoms with Crippen LogP contribution in [0.1, 0.15) is 49.9 Å². The first-order chi connectivity index (χ1) is 16.0. The lowest BCUT2D eigenvalue weighted by molar-refractivity contribution is -0.151. The van der Waals surface area contributed by atoms with Crippen LogP contribution in [0, 0.1) is 0 Å². The van der Waals surface area contributed by atoms with E-state index in [2.05, 4.69) is 4.90 Å². The summed E-state index contributed by atoms with van der Waals surface area (Å²) in [6, 6.07) is 11.2. The first-order valence-corrected chi connectivity index (χ1v) is 11.6. The third kappa shape index (κ3) is 7.42. The fourth-order valence-electron chi connectivity index (χ4n) is 3.75. The molecule has 1 N–H and O–H groups in total. The number of amides is 1. The van der Waals surface area contributed by atoms with Crippen LogP contribution in [0.4, 0.5) is 0 Å². The molecule has 1 aromatic heterocycles. The molecule has 1 aliphatic rings. The Balaban J connectivity index is 1.57. The first kappa shape index (κ1) is 25.0. The SMILES string of the molecule is CC(C)N(CN1CCOCC1OCCCCCC(=O)O)C(=O)c1ccc(-c2ccco2)cc1. The summed E-state index contributed by atoms with van der Waals surface area (Å²) < 4.78 is 17.1. The maximum atomic E-state index is 13.3. The van der Waals surface area contributed by atoms with Gasteiger partial charge in [-0.2, -0.15) is 0 Å². The van der Waals surface area contributed by atoms with Crippen LogP contribution in [0.15, 0.2) is 47.1 Å². The molecule has 1 unspecified atom stereocenters. The maximum Gasteiger partial charge on any atom is 0.303 e. The smallest absolute Gasteiger partial charge is 0.303 e. The van der Waals surface area contributed by atoms with Crippen molar-refractivity contribution in [3.8, 4) is 11.3 Å². The number of ether oxygens (including phenoxy) is 2. The molecule has 1 amide bonds. The number of nitrogens with zero attached hydrogens (tertiary/aromatic N) is 2. The molecule has 0 spiro atoms. The molecule has 8 heteroatoms. The molecule has 1 fully saturated rings. The number of rotatable bonds is 12. The van der Waals surface area contributed by atoms with E-state index in [-0.39, 0.29) is 24.6 Å². The number of hydrogen-bond acceptors (Lipinski definition) is 6. The lowest BCUT2D eigenvalue weighted by atomic mass is 10.1. The molecule has 2 heterocycles. The molecule has 2 aromatic rings. The number of carbonyl (C=O) groups excluding carboxylic acids is 1. The van der Waals surface area contributed by atoms with Gasteiger partial charge in [0.25, 0.3) is 5.91 Å². The minimum atomic E-state index is -0.767. The molecule has 0 saturated carbocycles. The summed E-state index contributed by atoms with van der Waals surface area (Å²) in [5.41, 5.74) is 1.56. The van der Waals surface area contributed by atoms with E-state index in [4.69, 9.17) is 19.0 Å². The Kier molecular flexibility index (Phi) is 9.47. The van der Waals surface area contributed by atoms with Gasteiger partial charge in [0.1, 0.15) is 12.0 Å². The van der Waals surface area contributed by atoms with Crippen molar-refractivity contribution in [2.24, 2.45) is 0 Å². The van der Waals surface area contributed by atoms with Crippen LogP contribution in [0.3, 0.4) is 0 Å². The van der Waals surface area contributed by atoms with Crippen molar-refractivity contribution in [3.05, 3.63) is 48.2 Å². The average molecular weight is 459 g/mol. The topological polar surface area (TPSA) is 92.5 Å². The van der Waals surface area contributed by atoms with E-state index in [9.17, 15) is 9.59 Å². The summed E-state index contributed by atoms with van der Waals surface area (Å²) in [4.78, 5) is 27.9. The Hall–Kier alpha value is -2.68. The maximum absolute atomic E-state index is 13.3. The lowest BCUT2D eigenvalue weighted by Gasteiger charge is -2.39. The largest absolute Gasteiger partial charge is 0.481 e. The van der Waals surface area contributed by atoms with Crippen molar-refractivity contribution >= 4 is 11.9 Å². The minimum absolute atomic E-state index is 0.0155. The van der Waals surface area contributed by atoms with Gasteiger partial charge in [0.2, 0.25) is 0 Å². The third-order valence-corrected chi connectivity index (χ3v) is 5.69. The lowest BCUT2D eigenvalue weighted by Crippen LogP contribution is -2.54. The van der Waals surface area contributed by atoms with Gasteiger partial charge in [0.15, 0.2) is 0 Å². The fourth-order valence-corrected chi connectivity index (χ4v) is 3.75. The summed E-state index contributed by atoms with van der Waals surface area (Å²) in [7, 11) is 0. The van der Waals surface area contributed by atoms with Crippen LogP contribution in [0.2, 0.25) is 0 Å². The molecular weight excluding hydrogens is 424 g/mol. The van der Waals surface area contributed by atoms with E-state index in [0.717, 1.165) is 24.2 Å². The van der Waals surface area contributed by atoms with Gasteiger partial charge < -0.3 is 23.9 Å². The number of morpholine rings is 1. The summed E-state index contributed by atoms with van der Waals surface area (Å²) in [5, 5.41) is 8.73. The van der Waals surface area contributed by atoms with Gasteiger partial charge in [0, 0.05) is 36.7 Å². The Morgan fingerprint density at radius 3 is 2.64 bits per heavy atom. The van der Waals surface area contributed by atoms with Gasteiger partial charge in [-0.1, -0.05) is 18.6 Å². The molecule has 8 nitrogen and oxygen atoms in total. The highest BCUT2D eigenvalue weighted by atomic mass is 16.5. The van der Waals surface area contributed by atoms with E-state index in [0.29, 0.717) is 45.0 Å². The second kappa shape index (κ2) is 12.5. The van der Waals surface area contributed by atoms with Crippen LogP contribution in [0.5, 0.6) is 0 Å². The zero-order valence-corrected chi connectivity index (χ0v) is 19.4. The molecule has 0 aliphatic carbocycles. The average Bonchev–Trinajstić information content (AvgIpc) is 3.35. The highest BCUT2D eigenvalue weighted by Gasteiger charge is 2.28. The molecular formula is C25H34N2O6. The molecule has 1 saturated heterocycles. The summed E-state index contributed by atoms with van der Waals surface area (Å²) in [6.45, 7) is 6.72. The van der Waals surface area contributed by atoms with Crippen LogP contribution in [-0.4, -0.2) is 72.1 Å². The van der Waals surface area contributed by atoms with Gasteiger partial charge in [-0.05, 0) is 51.0 Å². The summed E-state index contributed by atoms with van der Waals surface area (Å²) in [6.07, 6.45) is 3.85. The van der Waals surface area contributed by atoms with E-state index in [1.54, 1.807) is 6.26 Å². The predicted octanol–water partition coefficient (Wildman–Crippen LogP) is 4.07. The predicted molar refractivity (Wildman–Crippen MR) is 124 cm³/mol. The molecule has 180 valence electrons. The van der Waals surface area contributed by atoms with Crippen molar-refractivity contribution in [2.75, 3.05) is 33.0 Å². The highest BCUT2D eigenvalue weighted by molar-refractivity contribution is 5.94. The van der Waals surface area contributed by atoms with Crippen molar-refractivity contribution < 1.29 is 28.6 Å². The molecule has 1 atom stereocenters. The van der Waals surface area contributed by atoms with Crippen molar-refractivity contribution in [1.82, 2.24) is 9.80 Å². The van der Waals surface area contributed by atoms with Crippen LogP contribution >= 0.6 is 0 Å². The van der Waals surface area contributed by atoms with Gasteiger partial charge in [-0.15, -0.1) is 0 Å². The van der Waals surface area contributed by atoms with Gasteiger partial charge in [-0.25, -0.2) is 0 Å². The van der Waals surface area contributed by atoms with E-state index in [1.165, 1.54) is 0 Å². The normalized spacial score (nSPS) is 16.8. The Labute approximate surface area is 195 Å². The number of carboxylic acids is 1. The van der Waals surface area contributed by atoms with E-state index >= 15 is 0 Å². The Bertz CT molecular complexity index is 866. The monoisotopic (exact) mass is 458 g/mol. The zero-order valence-electron chi connectivity index (χ0n) is 19.4. The minimum Gasteiger partial charge on any atom is -0.481 e. The molecule has 0 radical (unpaired) electrons. The van der Waals surface area contributed by atoms with Gasteiger partial charge in [0.05, 0.1) is 26.1 Å². The standard InChI is InChI=1S/C25H34N2O6/c1-19(2)27(25(30)21-11-9-20(10-12-21)22-7-6-15-32-22)18-26-13-16-31-17-23(26)33-14-5-3-4-8-24(28)29/h6-7,9-12,15,19,23H,3-5,8,13-14,16-18H2,1-2H3,(H,28,29). The van der Waals surface area contributed by atoms with Crippen LogP contribution < -0.4 is 0 Å². The molecule has 33 heavy (non-hydrogen) atoms. The number of carboxylic acid groups (broad SMARTS) is 1. The molecule has 1 aromatic carbocycles. The van der Waals surface area contributed by atoms with Crippen LogP contribution in [-0.2, 0) is 14.3 Å². The van der Waals surface area contributed by atoms with Gasteiger partial charge in [-0.3, -0.25) is 14.5 Å². The van der Waals surface area contributed by atoms with E-state index in [1.807, 2.05) is 55.1 Å². The van der Waals surface area contributed by atoms with E-state index < -0.39 is 5.97 Å². The van der Waals surface area contributed by atoms with Crippen molar-refractivity contribution in [2.45, 2.75) is 51.8 Å². The number of aliphatic carboxylic acids is 1. The van der Waals surface area contributed by atoms with Crippen molar-refractivity contribution in [1.29, 1.82) is 0 Å². The fraction of sp³-hybridized carbons (Fsp3) is 0.520. The number of benzene rings is 1. The van der Waals surface area contributed by atoms with Crippen molar-refractivity contribution in [3.63, 3.8) is 0 Å². The Morgan fingerprint density at radius 1 is 1.18 bits per heavy atom. The van der Waals surface area contributed by atoms with Gasteiger partial charge >= 0.3 is 5.97 Å². The number of carbonyl (C=O) groups is 2. The van der Waals surface area contributed by atoms with Crippen LogP contribution in [0.25, 0.3) is 11.3 Å². The molecule has 0 bridgehead atoms. The zero-order chi connectivity index (χ0) is 23.6. The third-order valence-electron chi connectivity index (χ3n) is 5.69. The second-order valence-corrected chi connectivity index (χ2v) is 8.48. The Morgan fingerprint density at radius 2 is 1.97 bits per heavy atom. The number of hydrogen-bond donors (Lipinski definition) is 1. The second-order valence-electron chi connectivity index (χ2n) is 8.48. The summed E-state index contributed by atoms with van der Waals surface area (Å²) in [5.74, 6) is -0.0299. The number of unbranched alkanes of at least 4 members (excludes halogenated alkanes) is 2. The quantitative estimate of drug-likeness (QED) is 0.479. The molecule has 1 aliphatic heterocycles. The molecule has 3 rings (SSSR count). The first-order valence-electron chi connectivity index (χ1n) is 11.6. The highest BCUT2D eigenvalue weighted by Crippen LogP contribution is 2.21. The summed E-state index contributed by atoms with van der Waals surface area (Å²) >= 11 is 0.